The molecular formula is C32H33FN8O4. The Labute approximate surface area is 258 Å². The number of alkyl carbamates (subject to hydrolysis) is 1. The fourth-order valence-electron chi connectivity index (χ4n) is 4.99. The number of nitrogens with one attached hydrogen (secondary N) is 1. The lowest BCUT2D eigenvalue weighted by atomic mass is 9.87. The van der Waals surface area contributed by atoms with E-state index in [2.05, 4.69) is 25.3 Å². The maximum atomic E-state index is 14.4. The molecule has 1 saturated carbocycles. The summed E-state index contributed by atoms with van der Waals surface area (Å²) in [6.45, 7) is 7.47. The Kier molecular flexibility index (Phi) is 7.92. The number of nitrogens with two attached hydrogens (primary N) is 1. The zero-order chi connectivity index (χ0) is 31.7. The largest absolute Gasteiger partial charge is 0.489 e. The fourth-order valence-corrected chi connectivity index (χ4v) is 4.99. The van der Waals surface area contributed by atoms with Crippen molar-refractivity contribution in [1.82, 2.24) is 35.0 Å². The number of aryl methyl sites for hydroxylation is 1. The summed E-state index contributed by atoms with van der Waals surface area (Å²) in [5.74, 6) is 1.56. The van der Waals surface area contributed by atoms with E-state index in [1.54, 1.807) is 37.5 Å². The first-order chi connectivity index (χ1) is 21.5. The molecule has 13 heteroatoms. The van der Waals surface area contributed by atoms with E-state index in [1.807, 2.05) is 37.6 Å². The molecule has 3 N–H and O–H groups in total. The van der Waals surface area contributed by atoms with Gasteiger partial charge >= 0.3 is 6.09 Å². The maximum absolute atomic E-state index is 14.4. The third kappa shape index (κ3) is 6.92. The molecule has 45 heavy (non-hydrogen) atoms. The summed E-state index contributed by atoms with van der Waals surface area (Å²) in [5, 5.41) is 8.43. The average Bonchev–Trinajstić information content (AvgIpc) is 3.34. The van der Waals surface area contributed by atoms with E-state index < -0.39 is 17.5 Å². The van der Waals surface area contributed by atoms with Crippen molar-refractivity contribution < 1.29 is 23.4 Å². The molecule has 3 aromatic heterocycles. The first-order valence-corrected chi connectivity index (χ1v) is 14.5. The molecule has 3 heterocycles. The Balaban J connectivity index is 1.16. The van der Waals surface area contributed by atoms with Gasteiger partial charge in [0.1, 0.15) is 58.9 Å². The number of ether oxygens (including phenoxy) is 3. The zero-order valence-corrected chi connectivity index (χ0v) is 25.3. The predicted molar refractivity (Wildman–Crippen MR) is 164 cm³/mol. The lowest BCUT2D eigenvalue weighted by molar-refractivity contribution is 0.0454. The number of benzene rings is 2. The zero-order valence-electron chi connectivity index (χ0n) is 25.3. The van der Waals surface area contributed by atoms with E-state index in [9.17, 15) is 9.18 Å². The number of rotatable bonds is 8. The van der Waals surface area contributed by atoms with Crippen molar-refractivity contribution in [2.75, 3.05) is 5.73 Å². The summed E-state index contributed by atoms with van der Waals surface area (Å²) in [6.07, 6.45) is 5.65. The highest BCUT2D eigenvalue weighted by Gasteiger charge is 2.35. The highest BCUT2D eigenvalue weighted by molar-refractivity contribution is 5.98. The second-order valence-electron chi connectivity index (χ2n) is 11.9. The SMILES string of the molecule is Cc1ncc(COc2cc(F)cc(Oc3ccc(-c4nn(C5CC(NC(=O)OC(C)(C)C)C5)c5ncnc(N)c45)cc3)c2)cn1. The van der Waals surface area contributed by atoms with Crippen LogP contribution in [0.4, 0.5) is 15.0 Å². The third-order valence-electron chi connectivity index (χ3n) is 7.15. The molecule has 6 rings (SSSR count). The smallest absolute Gasteiger partial charge is 0.407 e. The summed E-state index contributed by atoms with van der Waals surface area (Å²) in [6, 6.07) is 11.4. The molecule has 0 unspecified atom stereocenters. The molecule has 12 nitrogen and oxygen atoms in total. The average molecular weight is 613 g/mol. The van der Waals surface area contributed by atoms with Crippen LogP contribution in [0.25, 0.3) is 22.3 Å². The highest BCUT2D eigenvalue weighted by atomic mass is 19.1. The quantitative estimate of drug-likeness (QED) is 0.216. The number of anilines is 1. The number of aromatic nitrogens is 6. The first kappa shape index (κ1) is 29.7. The highest BCUT2D eigenvalue weighted by Crippen LogP contribution is 2.39. The second kappa shape index (κ2) is 12.0. The Morgan fingerprint density at radius 1 is 1.02 bits per heavy atom. The van der Waals surface area contributed by atoms with Crippen molar-refractivity contribution in [1.29, 1.82) is 0 Å². The van der Waals surface area contributed by atoms with Crippen LogP contribution >= 0.6 is 0 Å². The van der Waals surface area contributed by atoms with Gasteiger partial charge in [0.2, 0.25) is 0 Å². The van der Waals surface area contributed by atoms with Crippen LogP contribution in [0, 0.1) is 12.7 Å². The summed E-state index contributed by atoms with van der Waals surface area (Å²) in [5.41, 5.74) is 8.50. The second-order valence-corrected chi connectivity index (χ2v) is 11.9. The lowest BCUT2D eigenvalue weighted by Crippen LogP contribution is -2.46. The normalized spacial score (nSPS) is 16.2. The van der Waals surface area contributed by atoms with Crippen LogP contribution in [0.3, 0.4) is 0 Å². The molecule has 5 aromatic rings. The first-order valence-electron chi connectivity index (χ1n) is 14.5. The standard InChI is InChI=1S/C32H33FN8O4/c1-18-35-14-19(15-36-18)16-43-25-9-21(33)10-26(13-25)44-24-7-5-20(6-8-24)28-27-29(34)37-17-38-30(27)41(40-28)23-11-22(12-23)39-31(42)45-32(2,3)4/h5-10,13-15,17,22-23H,11-12,16H2,1-4H3,(H,39,42)(H2,34,37,38). The lowest BCUT2D eigenvalue weighted by Gasteiger charge is -2.36. The van der Waals surface area contributed by atoms with E-state index in [-0.39, 0.29) is 24.4 Å². The number of nitrogen functional groups attached to an aromatic ring is 1. The monoisotopic (exact) mass is 612 g/mol. The molecule has 1 amide bonds. The van der Waals surface area contributed by atoms with Crippen LogP contribution in [0.15, 0.2) is 61.2 Å². The van der Waals surface area contributed by atoms with E-state index in [0.29, 0.717) is 52.7 Å². The van der Waals surface area contributed by atoms with Crippen LogP contribution in [0.5, 0.6) is 17.2 Å². The van der Waals surface area contributed by atoms with Crippen molar-refractivity contribution >= 4 is 22.9 Å². The molecule has 0 radical (unpaired) electrons. The molecule has 0 spiro atoms. The Hall–Kier alpha value is -5.33. The molecule has 232 valence electrons. The summed E-state index contributed by atoms with van der Waals surface area (Å²) in [7, 11) is 0. The van der Waals surface area contributed by atoms with Crippen LogP contribution in [-0.2, 0) is 11.3 Å². The molecule has 0 saturated heterocycles. The number of amides is 1. The van der Waals surface area contributed by atoms with Crippen molar-refractivity contribution in [3.63, 3.8) is 0 Å². The van der Waals surface area contributed by atoms with E-state index >= 15 is 0 Å². The van der Waals surface area contributed by atoms with Crippen molar-refractivity contribution in [3.05, 3.63) is 78.4 Å². The van der Waals surface area contributed by atoms with Gasteiger partial charge in [0.05, 0.1) is 11.4 Å². The summed E-state index contributed by atoms with van der Waals surface area (Å²) >= 11 is 0. The Morgan fingerprint density at radius 2 is 1.73 bits per heavy atom. The predicted octanol–water partition coefficient (Wildman–Crippen LogP) is 5.91. The third-order valence-corrected chi connectivity index (χ3v) is 7.15. The van der Waals surface area contributed by atoms with Gasteiger partial charge in [0, 0.05) is 47.8 Å². The number of hydrogen-bond acceptors (Lipinski definition) is 10. The fraction of sp³-hybridized carbons (Fsp3) is 0.312. The van der Waals surface area contributed by atoms with Crippen LogP contribution < -0.4 is 20.5 Å². The maximum Gasteiger partial charge on any atom is 0.407 e. The minimum absolute atomic E-state index is 0.0148. The molecular weight excluding hydrogens is 579 g/mol. The van der Waals surface area contributed by atoms with Gasteiger partial charge in [-0.25, -0.2) is 33.8 Å². The topological polar surface area (TPSA) is 152 Å². The molecule has 1 aliphatic carbocycles. The van der Waals surface area contributed by atoms with Crippen LogP contribution in [0.1, 0.15) is 51.0 Å². The van der Waals surface area contributed by atoms with Crippen LogP contribution in [-0.4, -0.2) is 47.5 Å². The van der Waals surface area contributed by atoms with Crippen LogP contribution in [0.2, 0.25) is 0 Å². The molecule has 0 bridgehead atoms. The van der Waals surface area contributed by atoms with Gasteiger partial charge in [0.15, 0.2) is 5.65 Å². The summed E-state index contributed by atoms with van der Waals surface area (Å²) in [4.78, 5) is 29.1. The van der Waals surface area contributed by atoms with Gasteiger partial charge in [0.25, 0.3) is 0 Å². The van der Waals surface area contributed by atoms with E-state index in [1.165, 1.54) is 18.5 Å². The van der Waals surface area contributed by atoms with Crippen molar-refractivity contribution in [3.8, 4) is 28.5 Å². The van der Waals surface area contributed by atoms with Gasteiger partial charge in [-0.3, -0.25) is 0 Å². The van der Waals surface area contributed by atoms with E-state index in [4.69, 9.17) is 25.0 Å². The van der Waals surface area contributed by atoms with Crippen molar-refractivity contribution in [2.45, 2.75) is 64.8 Å². The van der Waals surface area contributed by atoms with Gasteiger partial charge in [-0.2, -0.15) is 5.10 Å². The Bertz CT molecular complexity index is 1830. The van der Waals surface area contributed by atoms with Crippen molar-refractivity contribution in [2.24, 2.45) is 0 Å². The minimum Gasteiger partial charge on any atom is -0.489 e. The molecule has 0 atom stereocenters. The number of nitrogens with zero attached hydrogens (tertiary/aromatic N) is 6. The number of hydrogen-bond donors (Lipinski definition) is 2. The van der Waals surface area contributed by atoms with Gasteiger partial charge in [-0.05, 0) is 64.8 Å². The molecule has 2 aromatic carbocycles. The van der Waals surface area contributed by atoms with Gasteiger partial charge < -0.3 is 25.3 Å². The number of carbonyl (C=O) groups excluding carboxylic acids is 1. The molecule has 1 aliphatic rings. The van der Waals surface area contributed by atoms with E-state index in [0.717, 1.165) is 11.1 Å². The minimum atomic E-state index is -0.567. The number of halogens is 1. The molecule has 0 aliphatic heterocycles. The number of fused-ring (bicyclic) bond motifs is 1. The molecule has 1 fully saturated rings. The number of carbonyl (C=O) groups is 1. The Morgan fingerprint density at radius 3 is 2.44 bits per heavy atom. The van der Waals surface area contributed by atoms with Gasteiger partial charge in [-0.1, -0.05) is 0 Å². The van der Waals surface area contributed by atoms with Gasteiger partial charge in [-0.15, -0.1) is 0 Å². The summed E-state index contributed by atoms with van der Waals surface area (Å²) < 4.78 is 33.3.